The fourth-order valence-electron chi connectivity index (χ4n) is 3.92. The highest BCUT2D eigenvalue weighted by molar-refractivity contribution is 6.30. The van der Waals surface area contributed by atoms with Gasteiger partial charge in [0, 0.05) is 22.8 Å². The van der Waals surface area contributed by atoms with Crippen molar-refractivity contribution in [1.82, 2.24) is 24.5 Å². The van der Waals surface area contributed by atoms with Gasteiger partial charge in [0.2, 0.25) is 5.91 Å². The summed E-state index contributed by atoms with van der Waals surface area (Å²) < 4.78 is 3.39. The van der Waals surface area contributed by atoms with E-state index in [1.807, 2.05) is 55.5 Å². The van der Waals surface area contributed by atoms with Gasteiger partial charge in [-0.1, -0.05) is 54.1 Å². The van der Waals surface area contributed by atoms with E-state index in [-0.39, 0.29) is 12.5 Å². The molecule has 0 unspecified atom stereocenters. The van der Waals surface area contributed by atoms with Gasteiger partial charge in [0.25, 0.3) is 0 Å². The molecule has 0 aliphatic heterocycles. The Labute approximate surface area is 195 Å². The van der Waals surface area contributed by atoms with Gasteiger partial charge in [-0.05, 0) is 41.8 Å². The van der Waals surface area contributed by atoms with Crippen molar-refractivity contribution in [2.45, 2.75) is 20.0 Å². The van der Waals surface area contributed by atoms with Crippen molar-refractivity contribution in [1.29, 1.82) is 0 Å². The van der Waals surface area contributed by atoms with Gasteiger partial charge in [-0.25, -0.2) is 9.67 Å². The number of halogens is 1. The van der Waals surface area contributed by atoms with E-state index in [1.165, 1.54) is 0 Å². The number of carbonyl (C=O) groups excluding carboxylic acids is 1. The van der Waals surface area contributed by atoms with Crippen molar-refractivity contribution in [3.8, 4) is 11.1 Å². The summed E-state index contributed by atoms with van der Waals surface area (Å²) in [5.74, 6) is -0.200. The van der Waals surface area contributed by atoms with E-state index in [4.69, 9.17) is 11.6 Å². The predicted octanol–water partition coefficient (Wildman–Crippen LogP) is 4.94. The lowest BCUT2D eigenvalue weighted by molar-refractivity contribution is -0.116. The normalized spacial score (nSPS) is 11.1. The number of anilines is 1. The van der Waals surface area contributed by atoms with Gasteiger partial charge < -0.3 is 5.32 Å². The Morgan fingerprint density at radius 3 is 2.76 bits per heavy atom. The largest absolute Gasteiger partial charge is 0.322 e. The van der Waals surface area contributed by atoms with Crippen molar-refractivity contribution in [2.75, 3.05) is 5.32 Å². The molecule has 0 atom stereocenters. The van der Waals surface area contributed by atoms with Gasteiger partial charge in [-0.15, -0.1) is 0 Å². The van der Waals surface area contributed by atoms with Crippen LogP contribution in [0.1, 0.15) is 11.3 Å². The zero-order valence-corrected chi connectivity index (χ0v) is 18.7. The molecular weight excluding hydrogens is 436 g/mol. The Bertz CT molecular complexity index is 1440. The Morgan fingerprint density at radius 1 is 1.09 bits per heavy atom. The van der Waals surface area contributed by atoms with Crippen LogP contribution < -0.4 is 5.32 Å². The third kappa shape index (κ3) is 4.49. The zero-order valence-electron chi connectivity index (χ0n) is 17.9. The Balaban J connectivity index is 1.33. The van der Waals surface area contributed by atoms with Crippen LogP contribution in [0.2, 0.25) is 5.02 Å². The second kappa shape index (κ2) is 8.88. The molecule has 0 bridgehead atoms. The van der Waals surface area contributed by atoms with E-state index < -0.39 is 0 Å². The van der Waals surface area contributed by atoms with Crippen LogP contribution in [0.15, 0.2) is 79.3 Å². The number of fused-ring (bicyclic) bond motifs is 1. The van der Waals surface area contributed by atoms with Crippen LogP contribution in [0.3, 0.4) is 0 Å². The molecule has 7 nitrogen and oxygen atoms in total. The molecule has 164 valence electrons. The van der Waals surface area contributed by atoms with Crippen molar-refractivity contribution < 1.29 is 4.79 Å². The smallest absolute Gasteiger partial charge is 0.246 e. The van der Waals surface area contributed by atoms with Crippen molar-refractivity contribution in [2.24, 2.45) is 0 Å². The standard InChI is InChI=1S/C25H21ClN6O/c1-17-24-22(19-7-3-2-4-8-19)10-11-27-25(24)32(30-17)16-23(33)29-21-13-28-31(15-21)14-18-6-5-9-20(26)12-18/h2-13,15H,14,16H2,1H3,(H,29,33). The third-order valence-electron chi connectivity index (χ3n) is 5.34. The molecule has 0 saturated heterocycles. The molecule has 1 N–H and O–H groups in total. The number of pyridine rings is 1. The highest BCUT2D eigenvalue weighted by Crippen LogP contribution is 2.29. The number of rotatable bonds is 6. The summed E-state index contributed by atoms with van der Waals surface area (Å²) in [7, 11) is 0. The minimum atomic E-state index is -0.200. The van der Waals surface area contributed by atoms with E-state index in [1.54, 1.807) is 28.0 Å². The van der Waals surface area contributed by atoms with Gasteiger partial charge in [-0.3, -0.25) is 9.48 Å². The lowest BCUT2D eigenvalue weighted by Crippen LogP contribution is -2.19. The summed E-state index contributed by atoms with van der Waals surface area (Å²) in [6.45, 7) is 2.55. The van der Waals surface area contributed by atoms with Crippen LogP contribution >= 0.6 is 11.6 Å². The van der Waals surface area contributed by atoms with E-state index in [0.717, 1.165) is 27.8 Å². The summed E-state index contributed by atoms with van der Waals surface area (Å²) in [6.07, 6.45) is 5.16. The number of carbonyl (C=O) groups is 1. The first-order valence-corrected chi connectivity index (χ1v) is 10.9. The molecule has 1 amide bonds. The predicted molar refractivity (Wildman–Crippen MR) is 129 cm³/mol. The first-order chi connectivity index (χ1) is 16.1. The van der Waals surface area contributed by atoms with E-state index in [9.17, 15) is 4.79 Å². The van der Waals surface area contributed by atoms with Crippen LogP contribution in [-0.2, 0) is 17.9 Å². The maximum atomic E-state index is 12.7. The monoisotopic (exact) mass is 456 g/mol. The molecule has 3 heterocycles. The second-order valence-electron chi connectivity index (χ2n) is 7.77. The van der Waals surface area contributed by atoms with E-state index >= 15 is 0 Å². The SMILES string of the molecule is Cc1nn(CC(=O)Nc2cnn(Cc3cccc(Cl)c3)c2)c2nccc(-c3ccccc3)c12. The zero-order chi connectivity index (χ0) is 22.8. The van der Waals surface area contributed by atoms with Crippen molar-refractivity contribution in [3.05, 3.63) is 95.5 Å². The molecule has 33 heavy (non-hydrogen) atoms. The fraction of sp³-hybridized carbons (Fsp3) is 0.120. The molecule has 0 radical (unpaired) electrons. The second-order valence-corrected chi connectivity index (χ2v) is 8.21. The summed E-state index contributed by atoms with van der Waals surface area (Å²) in [5, 5.41) is 13.4. The average molecular weight is 457 g/mol. The maximum Gasteiger partial charge on any atom is 0.246 e. The fourth-order valence-corrected chi connectivity index (χ4v) is 4.14. The molecule has 0 aliphatic carbocycles. The van der Waals surface area contributed by atoms with Gasteiger partial charge >= 0.3 is 0 Å². The first kappa shape index (κ1) is 20.9. The maximum absolute atomic E-state index is 12.7. The number of benzene rings is 2. The number of nitrogens with zero attached hydrogens (tertiary/aromatic N) is 5. The highest BCUT2D eigenvalue weighted by atomic mass is 35.5. The summed E-state index contributed by atoms with van der Waals surface area (Å²) in [4.78, 5) is 17.2. The lowest BCUT2D eigenvalue weighted by atomic mass is 10.0. The highest BCUT2D eigenvalue weighted by Gasteiger charge is 2.16. The van der Waals surface area contributed by atoms with Crippen LogP contribution in [0.5, 0.6) is 0 Å². The van der Waals surface area contributed by atoms with Crippen LogP contribution in [0.25, 0.3) is 22.2 Å². The topological polar surface area (TPSA) is 77.6 Å². The summed E-state index contributed by atoms with van der Waals surface area (Å²) in [5.41, 5.74) is 5.30. The first-order valence-electron chi connectivity index (χ1n) is 10.5. The van der Waals surface area contributed by atoms with Crippen LogP contribution in [-0.4, -0.2) is 30.5 Å². The molecule has 5 rings (SSSR count). The lowest BCUT2D eigenvalue weighted by Gasteiger charge is -2.06. The van der Waals surface area contributed by atoms with Gasteiger partial charge in [-0.2, -0.15) is 10.2 Å². The summed E-state index contributed by atoms with van der Waals surface area (Å²) in [6, 6.07) is 19.7. The number of amides is 1. The van der Waals surface area contributed by atoms with Crippen LogP contribution in [0, 0.1) is 6.92 Å². The van der Waals surface area contributed by atoms with Crippen molar-refractivity contribution in [3.63, 3.8) is 0 Å². The van der Waals surface area contributed by atoms with Gasteiger partial charge in [0.1, 0.15) is 6.54 Å². The molecule has 5 aromatic rings. The molecule has 0 aliphatic rings. The number of nitrogens with one attached hydrogen (secondary N) is 1. The van der Waals surface area contributed by atoms with Gasteiger partial charge in [0.05, 0.1) is 24.1 Å². The Kier molecular flexibility index (Phi) is 5.62. The molecule has 8 heteroatoms. The molecule has 0 fully saturated rings. The molecule has 0 spiro atoms. The molecular formula is C25H21ClN6O. The quantitative estimate of drug-likeness (QED) is 0.392. The van der Waals surface area contributed by atoms with E-state index in [0.29, 0.717) is 22.9 Å². The minimum Gasteiger partial charge on any atom is -0.322 e. The number of aryl methyl sites for hydroxylation is 1. The average Bonchev–Trinajstić information content (AvgIpc) is 3.38. The number of hydrogen-bond acceptors (Lipinski definition) is 4. The Hall–Kier alpha value is -3.97. The number of aromatic nitrogens is 5. The molecule has 3 aromatic heterocycles. The number of hydrogen-bond donors (Lipinski definition) is 1. The third-order valence-corrected chi connectivity index (χ3v) is 5.57. The molecule has 0 saturated carbocycles. The Morgan fingerprint density at radius 2 is 1.94 bits per heavy atom. The van der Waals surface area contributed by atoms with Gasteiger partial charge in [0.15, 0.2) is 5.65 Å². The summed E-state index contributed by atoms with van der Waals surface area (Å²) >= 11 is 6.05. The van der Waals surface area contributed by atoms with E-state index in [2.05, 4.69) is 32.6 Å². The molecule has 2 aromatic carbocycles. The minimum absolute atomic E-state index is 0.0507. The van der Waals surface area contributed by atoms with Crippen LogP contribution in [0.4, 0.5) is 5.69 Å². The van der Waals surface area contributed by atoms with Crippen molar-refractivity contribution >= 4 is 34.2 Å².